The summed E-state index contributed by atoms with van der Waals surface area (Å²) in [4.78, 5) is 32.5. The number of aromatic nitrogens is 4. The van der Waals surface area contributed by atoms with Gasteiger partial charge in [0.1, 0.15) is 0 Å². The summed E-state index contributed by atoms with van der Waals surface area (Å²) in [5, 5.41) is 0. The van der Waals surface area contributed by atoms with E-state index in [1.54, 1.807) is 0 Å². The Morgan fingerprint density at radius 2 is 0.675 bits per heavy atom. The summed E-state index contributed by atoms with van der Waals surface area (Å²) in [6.45, 7) is 11.8. The molecular weight excluding hydrogens is 496 g/mol. The molecule has 40 heavy (non-hydrogen) atoms. The van der Waals surface area contributed by atoms with Gasteiger partial charge in [0, 0.05) is 84.6 Å². The Bertz CT molecular complexity index is 1290. The summed E-state index contributed by atoms with van der Waals surface area (Å²) >= 11 is 0. The third-order valence-corrected chi connectivity index (χ3v) is 7.60. The highest BCUT2D eigenvalue weighted by molar-refractivity contribution is 5.79. The third kappa shape index (κ3) is 6.33. The number of H-pyrrole nitrogens is 4. The van der Waals surface area contributed by atoms with Crippen molar-refractivity contribution >= 4 is 24.9 Å². The Labute approximate surface area is 236 Å². The van der Waals surface area contributed by atoms with Crippen LogP contribution < -0.4 is 0 Å². The summed E-state index contributed by atoms with van der Waals surface area (Å²) in [7, 11) is 0. The molecule has 1 aliphatic rings. The lowest BCUT2D eigenvalue weighted by atomic mass is 9.86. The van der Waals surface area contributed by atoms with Crippen LogP contribution in [0.4, 0.5) is 0 Å². The van der Waals surface area contributed by atoms with E-state index in [1.807, 2.05) is 24.9 Å². The zero-order valence-electron chi connectivity index (χ0n) is 24.0. The van der Waals surface area contributed by atoms with Crippen LogP contribution in [-0.4, -0.2) is 71.0 Å². The SMILES string of the molecule is CC1(C)c2ccc([nH]2)C=NCCCN=Cc2ccc([nH]2)C(C)(C)c2ccc([nH]2)C=NCCCN=Cc2ccc1[nH]2. The Morgan fingerprint density at radius 1 is 0.425 bits per heavy atom. The van der Waals surface area contributed by atoms with Gasteiger partial charge in [-0.25, -0.2) is 0 Å². The van der Waals surface area contributed by atoms with Crippen LogP contribution in [0, 0.1) is 0 Å². The minimum absolute atomic E-state index is 0.200. The largest absolute Gasteiger partial charge is 0.357 e. The van der Waals surface area contributed by atoms with E-state index in [4.69, 9.17) is 0 Å². The molecule has 0 aliphatic carbocycles. The lowest BCUT2D eigenvalue weighted by Crippen LogP contribution is -2.20. The van der Waals surface area contributed by atoms with Crippen LogP contribution in [0.3, 0.4) is 0 Å². The van der Waals surface area contributed by atoms with E-state index in [0.29, 0.717) is 0 Å². The molecule has 208 valence electrons. The van der Waals surface area contributed by atoms with Crippen LogP contribution in [0.1, 0.15) is 86.1 Å². The minimum Gasteiger partial charge on any atom is -0.357 e. The number of rotatable bonds is 0. The van der Waals surface area contributed by atoms with Crippen LogP contribution in [-0.2, 0) is 10.8 Å². The molecule has 0 saturated carbocycles. The molecule has 4 aromatic rings. The van der Waals surface area contributed by atoms with E-state index in [-0.39, 0.29) is 10.8 Å². The molecule has 0 spiro atoms. The van der Waals surface area contributed by atoms with Crippen LogP contribution in [0.25, 0.3) is 0 Å². The third-order valence-electron chi connectivity index (χ3n) is 7.60. The summed E-state index contributed by atoms with van der Waals surface area (Å²) in [5.74, 6) is 0. The topological polar surface area (TPSA) is 113 Å². The molecule has 0 saturated heterocycles. The number of nitrogens with one attached hydrogen (secondary N) is 4. The highest BCUT2D eigenvalue weighted by atomic mass is 14.9. The normalized spacial score (nSPS) is 17.9. The van der Waals surface area contributed by atoms with Gasteiger partial charge in [0.05, 0.1) is 22.8 Å². The summed E-state index contributed by atoms with van der Waals surface area (Å²) in [5.41, 5.74) is 8.17. The van der Waals surface area contributed by atoms with Gasteiger partial charge >= 0.3 is 0 Å². The maximum absolute atomic E-state index is 4.61. The maximum atomic E-state index is 4.61. The molecule has 1 aliphatic heterocycles. The van der Waals surface area contributed by atoms with E-state index in [1.165, 1.54) is 0 Å². The summed E-state index contributed by atoms with van der Waals surface area (Å²) in [6.07, 6.45) is 9.46. The molecule has 0 unspecified atom stereocenters. The molecule has 0 aromatic carbocycles. The predicted molar refractivity (Wildman–Crippen MR) is 167 cm³/mol. The van der Waals surface area contributed by atoms with Gasteiger partial charge < -0.3 is 19.9 Å². The average Bonchev–Trinajstić information content (AvgIpc) is 3.74. The van der Waals surface area contributed by atoms with Crippen molar-refractivity contribution in [1.82, 2.24) is 19.9 Å². The number of aromatic amines is 4. The Morgan fingerprint density at radius 3 is 0.925 bits per heavy atom. The van der Waals surface area contributed by atoms with Crippen LogP contribution in [0.15, 0.2) is 68.5 Å². The number of hydrogen-bond acceptors (Lipinski definition) is 4. The second-order valence-corrected chi connectivity index (χ2v) is 11.4. The van der Waals surface area contributed by atoms with Gasteiger partial charge in [-0.05, 0) is 89.1 Å². The van der Waals surface area contributed by atoms with Crippen molar-refractivity contribution in [1.29, 1.82) is 0 Å². The van der Waals surface area contributed by atoms with E-state index in [0.717, 1.165) is 84.6 Å². The standard InChI is InChI=1S/C32H40N8/c1-31(2)27-11-7-23(37-27)19-33-15-5-17-35-21-25-9-13-29(39-25)32(3,4)30-14-10-26(40-30)22-36-18-6-16-34-20-24-8-12-28(31)38-24/h7-14,19-22,37-40H,5-6,15-18H2,1-4H3. The van der Waals surface area contributed by atoms with Gasteiger partial charge in [-0.1, -0.05) is 0 Å². The van der Waals surface area contributed by atoms with Crippen molar-refractivity contribution in [2.75, 3.05) is 26.2 Å². The number of aliphatic imine (C=N–C) groups is 4. The van der Waals surface area contributed by atoms with Crippen LogP contribution in [0.5, 0.6) is 0 Å². The first kappa shape index (κ1) is 27.4. The molecule has 0 fully saturated rings. The van der Waals surface area contributed by atoms with Gasteiger partial charge in [0.2, 0.25) is 0 Å². The highest BCUT2D eigenvalue weighted by Crippen LogP contribution is 2.31. The first-order valence-corrected chi connectivity index (χ1v) is 14.1. The van der Waals surface area contributed by atoms with Crippen molar-refractivity contribution in [2.24, 2.45) is 20.0 Å². The van der Waals surface area contributed by atoms with Crippen LogP contribution >= 0.6 is 0 Å². The first-order valence-electron chi connectivity index (χ1n) is 14.1. The number of nitrogens with zero attached hydrogens (tertiary/aromatic N) is 4. The fraction of sp³-hybridized carbons (Fsp3) is 0.375. The van der Waals surface area contributed by atoms with Crippen molar-refractivity contribution in [3.05, 3.63) is 94.1 Å². The van der Waals surface area contributed by atoms with Crippen molar-refractivity contribution in [3.8, 4) is 0 Å². The molecule has 0 amide bonds. The van der Waals surface area contributed by atoms with Gasteiger partial charge in [0.15, 0.2) is 0 Å². The second-order valence-electron chi connectivity index (χ2n) is 11.4. The fourth-order valence-electron chi connectivity index (χ4n) is 4.86. The Balaban J connectivity index is 1.32. The molecule has 0 radical (unpaired) electrons. The lowest BCUT2D eigenvalue weighted by molar-refractivity contribution is 0.603. The monoisotopic (exact) mass is 536 g/mol. The molecule has 5 heterocycles. The number of hydrogen-bond donors (Lipinski definition) is 4. The molecule has 4 aromatic heterocycles. The van der Waals surface area contributed by atoms with Crippen molar-refractivity contribution in [3.63, 3.8) is 0 Å². The molecule has 5 rings (SSSR count). The molecule has 4 N–H and O–H groups in total. The molecule has 0 atom stereocenters. The quantitative estimate of drug-likeness (QED) is 0.217. The zero-order valence-corrected chi connectivity index (χ0v) is 24.0. The van der Waals surface area contributed by atoms with Crippen molar-refractivity contribution in [2.45, 2.75) is 51.4 Å². The maximum Gasteiger partial charge on any atom is 0.0564 e. The average molecular weight is 537 g/mol. The predicted octanol–water partition coefficient (Wildman–Crippen LogP) is 5.82. The lowest BCUT2D eigenvalue weighted by Gasteiger charge is -2.22. The molecular formula is C32H40N8. The van der Waals surface area contributed by atoms with Crippen LogP contribution in [0.2, 0.25) is 0 Å². The molecule has 8 heteroatoms. The minimum atomic E-state index is -0.200. The molecule has 8 nitrogen and oxygen atoms in total. The Hall–Kier alpha value is -4.20. The van der Waals surface area contributed by atoms with Gasteiger partial charge in [0.25, 0.3) is 0 Å². The summed E-state index contributed by atoms with van der Waals surface area (Å²) in [6, 6.07) is 16.9. The number of fused-ring (bicyclic) bond motifs is 8. The second kappa shape index (κ2) is 11.9. The van der Waals surface area contributed by atoms with E-state index in [2.05, 4.69) is 116 Å². The fourth-order valence-corrected chi connectivity index (χ4v) is 4.86. The smallest absolute Gasteiger partial charge is 0.0564 e. The van der Waals surface area contributed by atoms with E-state index in [9.17, 15) is 0 Å². The first-order chi connectivity index (χ1) is 19.3. The summed E-state index contributed by atoms with van der Waals surface area (Å²) < 4.78 is 0. The van der Waals surface area contributed by atoms with Gasteiger partial charge in [-0.15, -0.1) is 0 Å². The van der Waals surface area contributed by atoms with Gasteiger partial charge in [-0.2, -0.15) is 0 Å². The Kier molecular flexibility index (Phi) is 8.14. The van der Waals surface area contributed by atoms with Crippen molar-refractivity contribution < 1.29 is 0 Å². The highest BCUT2D eigenvalue weighted by Gasteiger charge is 2.27. The van der Waals surface area contributed by atoms with E-state index >= 15 is 0 Å². The zero-order chi connectivity index (χ0) is 28.0. The molecule has 8 bridgehead atoms. The van der Waals surface area contributed by atoms with Gasteiger partial charge in [-0.3, -0.25) is 20.0 Å². The van der Waals surface area contributed by atoms with E-state index < -0.39 is 0 Å².